The molecule has 0 aliphatic heterocycles. The van der Waals surface area contributed by atoms with Gasteiger partial charge >= 0.3 is 0 Å². The fraction of sp³-hybridized carbons (Fsp3) is 0.143. The predicted molar refractivity (Wildman–Crippen MR) is 94.2 cm³/mol. The summed E-state index contributed by atoms with van der Waals surface area (Å²) in [5.74, 6) is 0. The summed E-state index contributed by atoms with van der Waals surface area (Å²) in [5, 5.41) is 6.02. The molecule has 0 aliphatic rings. The third-order valence-corrected chi connectivity index (χ3v) is 6.26. The molecule has 9 heteroatoms. The Kier molecular flexibility index (Phi) is 4.33. The Hall–Kier alpha value is -1.97. The molecule has 0 bridgehead atoms. The van der Waals surface area contributed by atoms with Crippen LogP contribution in [0.25, 0.3) is 0 Å². The van der Waals surface area contributed by atoms with Crippen molar-refractivity contribution in [3.63, 3.8) is 0 Å². The fourth-order valence-corrected chi connectivity index (χ4v) is 4.44. The number of rotatable bonds is 5. The molecule has 2 heterocycles. The fourth-order valence-electron chi connectivity index (χ4n) is 1.81. The minimum Gasteiger partial charge on any atom is -0.332 e. The highest BCUT2D eigenvalue weighted by Crippen LogP contribution is 2.26. The van der Waals surface area contributed by atoms with E-state index in [9.17, 15) is 8.42 Å². The van der Waals surface area contributed by atoms with Crippen LogP contribution in [0.4, 0.5) is 16.0 Å². The van der Waals surface area contributed by atoms with Gasteiger partial charge in [0.1, 0.15) is 0 Å². The van der Waals surface area contributed by atoms with Crippen LogP contribution in [0.2, 0.25) is 0 Å². The number of anilines is 3. The number of benzene rings is 1. The molecule has 6 nitrogen and oxygen atoms in total. The Bertz CT molecular complexity index is 881. The Labute approximate surface area is 142 Å². The van der Waals surface area contributed by atoms with Gasteiger partial charge < -0.3 is 5.32 Å². The minimum atomic E-state index is -3.62. The van der Waals surface area contributed by atoms with Crippen molar-refractivity contribution in [3.8, 4) is 0 Å². The summed E-state index contributed by atoms with van der Waals surface area (Å²) >= 11 is 2.79. The monoisotopic (exact) mass is 366 g/mol. The molecule has 0 radical (unpaired) electrons. The largest absolute Gasteiger partial charge is 0.332 e. The van der Waals surface area contributed by atoms with Crippen molar-refractivity contribution >= 4 is 48.6 Å². The van der Waals surface area contributed by atoms with Crippen molar-refractivity contribution in [1.82, 2.24) is 9.97 Å². The number of nitrogens with one attached hydrogen (secondary N) is 2. The summed E-state index contributed by atoms with van der Waals surface area (Å²) in [6.07, 6.45) is 1.55. The average molecular weight is 366 g/mol. The van der Waals surface area contributed by atoms with Gasteiger partial charge in [-0.25, -0.2) is 18.4 Å². The normalized spacial score (nSPS) is 11.4. The first-order chi connectivity index (χ1) is 10.9. The van der Waals surface area contributed by atoms with E-state index in [4.69, 9.17) is 0 Å². The molecule has 0 unspecified atom stereocenters. The minimum absolute atomic E-state index is 0.185. The molecule has 23 heavy (non-hydrogen) atoms. The van der Waals surface area contributed by atoms with Gasteiger partial charge in [0, 0.05) is 22.1 Å². The summed E-state index contributed by atoms with van der Waals surface area (Å²) in [6.45, 7) is 3.97. The Morgan fingerprint density at radius 3 is 2.39 bits per heavy atom. The first-order valence-corrected chi connectivity index (χ1v) is 9.85. The molecule has 0 aliphatic carbocycles. The summed E-state index contributed by atoms with van der Waals surface area (Å²) in [4.78, 5) is 9.65. The highest BCUT2D eigenvalue weighted by atomic mass is 32.2. The van der Waals surface area contributed by atoms with E-state index in [1.165, 1.54) is 11.3 Å². The maximum absolute atomic E-state index is 12.2. The lowest BCUT2D eigenvalue weighted by Crippen LogP contribution is -2.12. The topological polar surface area (TPSA) is 84.0 Å². The van der Waals surface area contributed by atoms with E-state index in [2.05, 4.69) is 20.0 Å². The lowest BCUT2D eigenvalue weighted by Gasteiger charge is -2.07. The molecular weight excluding hydrogens is 352 g/mol. The Morgan fingerprint density at radius 2 is 1.83 bits per heavy atom. The molecule has 0 saturated carbocycles. The number of hydrogen-bond acceptors (Lipinski definition) is 7. The van der Waals surface area contributed by atoms with Gasteiger partial charge in [0.25, 0.3) is 10.0 Å². The quantitative estimate of drug-likeness (QED) is 0.718. The van der Waals surface area contributed by atoms with Gasteiger partial charge in [0.15, 0.2) is 10.3 Å². The van der Waals surface area contributed by atoms with Crippen LogP contribution in [-0.2, 0) is 10.0 Å². The van der Waals surface area contributed by atoms with E-state index < -0.39 is 10.0 Å². The van der Waals surface area contributed by atoms with E-state index >= 15 is 0 Å². The molecule has 1 aromatic carbocycles. The molecule has 0 amide bonds. The van der Waals surface area contributed by atoms with Crippen LogP contribution in [0.3, 0.4) is 0 Å². The predicted octanol–water partition coefficient (Wildman–Crippen LogP) is 3.76. The van der Waals surface area contributed by atoms with Crippen molar-refractivity contribution in [2.45, 2.75) is 18.7 Å². The van der Waals surface area contributed by atoms with Gasteiger partial charge in [-0.15, -0.1) is 22.7 Å². The lowest BCUT2D eigenvalue weighted by molar-refractivity contribution is 0.601. The number of nitrogens with zero attached hydrogens (tertiary/aromatic N) is 2. The molecule has 0 fully saturated rings. The van der Waals surface area contributed by atoms with Crippen molar-refractivity contribution in [2.75, 3.05) is 10.0 Å². The summed E-state index contributed by atoms with van der Waals surface area (Å²) < 4.78 is 26.9. The van der Waals surface area contributed by atoms with Crippen LogP contribution in [-0.4, -0.2) is 18.4 Å². The molecule has 0 saturated heterocycles. The van der Waals surface area contributed by atoms with Crippen LogP contribution >= 0.6 is 22.7 Å². The lowest BCUT2D eigenvalue weighted by atomic mass is 10.3. The Balaban J connectivity index is 1.76. The van der Waals surface area contributed by atoms with Crippen LogP contribution in [0, 0.1) is 13.8 Å². The van der Waals surface area contributed by atoms with Crippen LogP contribution in [0.15, 0.2) is 40.7 Å². The highest BCUT2D eigenvalue weighted by molar-refractivity contribution is 7.93. The number of aryl methyl sites for hydroxylation is 2. The maximum Gasteiger partial charge on any atom is 0.263 e. The molecule has 3 rings (SSSR count). The van der Waals surface area contributed by atoms with Gasteiger partial charge in [-0.3, -0.25) is 4.72 Å². The molecule has 3 aromatic rings. The molecule has 2 aromatic heterocycles. The van der Waals surface area contributed by atoms with E-state index in [0.717, 1.165) is 21.4 Å². The van der Waals surface area contributed by atoms with Gasteiger partial charge in [-0.1, -0.05) is 0 Å². The van der Waals surface area contributed by atoms with Gasteiger partial charge in [0.2, 0.25) is 0 Å². The zero-order valence-corrected chi connectivity index (χ0v) is 14.8. The highest BCUT2D eigenvalue weighted by Gasteiger charge is 2.15. The van der Waals surface area contributed by atoms with Gasteiger partial charge in [-0.05, 0) is 38.1 Å². The van der Waals surface area contributed by atoms with E-state index in [1.807, 2.05) is 13.8 Å². The van der Waals surface area contributed by atoms with E-state index in [1.54, 1.807) is 47.2 Å². The van der Waals surface area contributed by atoms with Crippen molar-refractivity contribution < 1.29 is 8.42 Å². The van der Waals surface area contributed by atoms with Crippen LogP contribution in [0.1, 0.15) is 10.6 Å². The second kappa shape index (κ2) is 6.26. The number of sulfonamides is 1. The first kappa shape index (κ1) is 15.9. The zero-order chi connectivity index (χ0) is 16.4. The number of thiazole rings is 2. The van der Waals surface area contributed by atoms with Gasteiger partial charge in [0.05, 0.1) is 10.6 Å². The molecular formula is C14H14N4O2S3. The van der Waals surface area contributed by atoms with E-state index in [0.29, 0.717) is 5.13 Å². The first-order valence-electron chi connectivity index (χ1n) is 6.67. The zero-order valence-electron chi connectivity index (χ0n) is 12.4. The second-order valence-electron chi connectivity index (χ2n) is 4.75. The van der Waals surface area contributed by atoms with Crippen LogP contribution in [0.5, 0.6) is 0 Å². The van der Waals surface area contributed by atoms with Gasteiger partial charge in [-0.2, -0.15) is 0 Å². The molecule has 2 N–H and O–H groups in total. The number of aromatic nitrogens is 2. The summed E-state index contributed by atoms with van der Waals surface area (Å²) in [6, 6.07) is 6.52. The molecule has 0 atom stereocenters. The van der Waals surface area contributed by atoms with Crippen molar-refractivity contribution in [2.24, 2.45) is 0 Å². The van der Waals surface area contributed by atoms with E-state index in [-0.39, 0.29) is 4.90 Å². The third-order valence-electron chi connectivity index (χ3n) is 3.10. The smallest absolute Gasteiger partial charge is 0.263 e. The Morgan fingerprint density at radius 1 is 1.09 bits per heavy atom. The summed E-state index contributed by atoms with van der Waals surface area (Å²) in [5.41, 5.74) is 1.77. The van der Waals surface area contributed by atoms with Crippen molar-refractivity contribution in [3.05, 3.63) is 46.4 Å². The second-order valence-corrected chi connectivity index (χ2v) is 8.53. The number of hydrogen-bond donors (Lipinski definition) is 2. The summed E-state index contributed by atoms with van der Waals surface area (Å²) in [7, 11) is -3.62. The maximum atomic E-state index is 12.2. The SMILES string of the molecule is Cc1nc(Nc2ccc(S(=O)(=O)Nc3nccs3)cc2)sc1C. The standard InChI is InChI=1S/C14H14N4O2S3/c1-9-10(2)22-14(16-9)17-11-3-5-12(6-4-11)23(19,20)18-13-15-7-8-21-13/h3-8H,1-2H3,(H,15,18)(H,16,17). The van der Waals surface area contributed by atoms with Crippen LogP contribution < -0.4 is 10.0 Å². The average Bonchev–Trinajstić information content (AvgIpc) is 3.10. The molecule has 120 valence electrons. The third kappa shape index (κ3) is 3.69. The molecule has 0 spiro atoms. The van der Waals surface area contributed by atoms with Crippen molar-refractivity contribution in [1.29, 1.82) is 0 Å².